The number of halogens is 3. The van der Waals surface area contributed by atoms with Gasteiger partial charge in [-0.25, -0.2) is 0 Å². The minimum atomic E-state index is -4.24. The summed E-state index contributed by atoms with van der Waals surface area (Å²) in [6, 6.07) is 1.92. The zero-order valence-electron chi connectivity index (χ0n) is 6.82. The number of nitriles is 1. The van der Waals surface area contributed by atoms with Gasteiger partial charge in [-0.2, -0.15) is 30.2 Å². The number of hydrogen-bond donors (Lipinski definition) is 1. The lowest BCUT2D eigenvalue weighted by Crippen LogP contribution is -2.48. The third-order valence-electron chi connectivity index (χ3n) is 1.86. The molecule has 0 aliphatic carbocycles. The van der Waals surface area contributed by atoms with Gasteiger partial charge < -0.3 is 0 Å². The summed E-state index contributed by atoms with van der Waals surface area (Å²) in [4.78, 5) is 0. The summed E-state index contributed by atoms with van der Waals surface area (Å²) in [5.74, 6) is 1.19. The van der Waals surface area contributed by atoms with E-state index >= 15 is 0 Å². The number of thioether (sulfide) groups is 1. The van der Waals surface area contributed by atoms with Gasteiger partial charge in [0.25, 0.3) is 0 Å². The van der Waals surface area contributed by atoms with Crippen LogP contribution < -0.4 is 5.32 Å². The van der Waals surface area contributed by atoms with Crippen LogP contribution in [-0.2, 0) is 0 Å². The quantitative estimate of drug-likeness (QED) is 0.751. The van der Waals surface area contributed by atoms with E-state index in [-0.39, 0.29) is 0 Å². The van der Waals surface area contributed by atoms with Gasteiger partial charge in [-0.05, 0) is 12.2 Å². The molecule has 0 saturated carbocycles. The van der Waals surface area contributed by atoms with E-state index < -0.39 is 18.3 Å². The van der Waals surface area contributed by atoms with E-state index in [2.05, 4.69) is 5.32 Å². The fraction of sp³-hybridized carbons (Fsp3) is 0.857. The first-order valence-corrected chi connectivity index (χ1v) is 4.94. The van der Waals surface area contributed by atoms with Gasteiger partial charge in [0.2, 0.25) is 0 Å². The third-order valence-corrected chi connectivity index (χ3v) is 3.05. The highest BCUT2D eigenvalue weighted by Gasteiger charge is 2.38. The monoisotopic (exact) mass is 210 g/mol. The van der Waals surface area contributed by atoms with Crippen molar-refractivity contribution in [1.29, 1.82) is 5.26 Å². The number of hydrogen-bond acceptors (Lipinski definition) is 3. The Morgan fingerprint density at radius 2 is 2.23 bits per heavy atom. The fourth-order valence-electron chi connectivity index (χ4n) is 1.10. The van der Waals surface area contributed by atoms with Crippen molar-refractivity contribution in [3.05, 3.63) is 0 Å². The van der Waals surface area contributed by atoms with Crippen molar-refractivity contribution >= 4 is 11.8 Å². The molecular weight excluding hydrogens is 201 g/mol. The molecule has 0 aromatic rings. The molecule has 1 aliphatic heterocycles. The van der Waals surface area contributed by atoms with E-state index in [1.807, 2.05) is 6.07 Å². The Morgan fingerprint density at radius 3 is 2.62 bits per heavy atom. The molecule has 0 aromatic carbocycles. The zero-order valence-corrected chi connectivity index (χ0v) is 7.63. The average molecular weight is 210 g/mol. The highest BCUT2D eigenvalue weighted by molar-refractivity contribution is 7.99. The third kappa shape index (κ3) is 3.08. The van der Waals surface area contributed by atoms with E-state index in [0.717, 1.165) is 5.75 Å². The average Bonchev–Trinajstić information content (AvgIpc) is 2.49. The van der Waals surface area contributed by atoms with Gasteiger partial charge in [0, 0.05) is 5.75 Å². The van der Waals surface area contributed by atoms with Gasteiger partial charge in [-0.3, -0.25) is 5.32 Å². The van der Waals surface area contributed by atoms with Crippen LogP contribution in [0, 0.1) is 11.3 Å². The topological polar surface area (TPSA) is 35.8 Å². The molecule has 1 heterocycles. The Morgan fingerprint density at radius 1 is 1.54 bits per heavy atom. The molecular formula is C7H9F3N2S. The number of alkyl halides is 3. The van der Waals surface area contributed by atoms with E-state index in [4.69, 9.17) is 5.26 Å². The standard InChI is InChI=1S/C7H9F3N2S/c8-7(9,10)4-12-6(3-11)1-2-13-5-6/h12H,1-2,4-5H2. The fourth-order valence-corrected chi connectivity index (χ4v) is 2.40. The van der Waals surface area contributed by atoms with Gasteiger partial charge in [-0.1, -0.05) is 0 Å². The minimum Gasteiger partial charge on any atom is -0.290 e. The highest BCUT2D eigenvalue weighted by Crippen LogP contribution is 2.28. The smallest absolute Gasteiger partial charge is 0.290 e. The molecule has 1 unspecified atom stereocenters. The number of nitrogens with one attached hydrogen (secondary N) is 1. The number of nitrogens with zero attached hydrogens (tertiary/aromatic N) is 1. The van der Waals surface area contributed by atoms with Gasteiger partial charge in [0.05, 0.1) is 12.6 Å². The molecule has 13 heavy (non-hydrogen) atoms. The van der Waals surface area contributed by atoms with Gasteiger partial charge >= 0.3 is 6.18 Å². The first-order valence-electron chi connectivity index (χ1n) is 3.78. The maximum atomic E-state index is 11.8. The Bertz CT molecular complexity index is 215. The molecule has 0 aromatic heterocycles. The second-order valence-corrected chi connectivity index (χ2v) is 4.07. The van der Waals surface area contributed by atoms with Crippen LogP contribution in [0.2, 0.25) is 0 Å². The Balaban J connectivity index is 2.46. The second-order valence-electron chi connectivity index (χ2n) is 2.97. The molecule has 1 N–H and O–H groups in total. The summed E-state index contributed by atoms with van der Waals surface area (Å²) in [5, 5.41) is 11.0. The van der Waals surface area contributed by atoms with Crippen LogP contribution in [0.3, 0.4) is 0 Å². The molecule has 1 fully saturated rings. The SMILES string of the molecule is N#CC1(NCC(F)(F)F)CCSC1. The predicted octanol–water partition coefficient (Wildman–Crippen LogP) is 1.54. The molecule has 0 radical (unpaired) electrons. The molecule has 2 nitrogen and oxygen atoms in total. The highest BCUT2D eigenvalue weighted by atomic mass is 32.2. The Labute approximate surface area is 78.5 Å². The van der Waals surface area contributed by atoms with Crippen molar-refractivity contribution in [2.75, 3.05) is 18.1 Å². The largest absolute Gasteiger partial charge is 0.401 e. The van der Waals surface area contributed by atoms with Crippen molar-refractivity contribution in [1.82, 2.24) is 5.32 Å². The lowest BCUT2D eigenvalue weighted by Gasteiger charge is -2.21. The zero-order chi connectivity index (χ0) is 9.95. The Hall–Kier alpha value is -0.410. The van der Waals surface area contributed by atoms with E-state index in [9.17, 15) is 13.2 Å². The van der Waals surface area contributed by atoms with Crippen LogP contribution in [-0.4, -0.2) is 29.8 Å². The molecule has 1 aliphatic rings. The van der Waals surface area contributed by atoms with Crippen LogP contribution in [0.25, 0.3) is 0 Å². The molecule has 1 saturated heterocycles. The lowest BCUT2D eigenvalue weighted by molar-refractivity contribution is -0.127. The van der Waals surface area contributed by atoms with Crippen molar-refractivity contribution in [3.8, 4) is 6.07 Å². The maximum absolute atomic E-state index is 11.8. The number of rotatable bonds is 2. The van der Waals surface area contributed by atoms with Gasteiger partial charge in [0.15, 0.2) is 0 Å². The van der Waals surface area contributed by atoms with E-state index in [0.29, 0.717) is 12.2 Å². The van der Waals surface area contributed by atoms with Gasteiger partial charge in [-0.15, -0.1) is 0 Å². The van der Waals surface area contributed by atoms with Crippen LogP contribution in [0.5, 0.6) is 0 Å². The summed E-state index contributed by atoms with van der Waals surface area (Å²) >= 11 is 1.50. The van der Waals surface area contributed by atoms with Crippen molar-refractivity contribution in [2.45, 2.75) is 18.1 Å². The second kappa shape index (κ2) is 3.76. The molecule has 0 amide bonds. The predicted molar refractivity (Wildman–Crippen MR) is 44.3 cm³/mol. The maximum Gasteiger partial charge on any atom is 0.401 e. The minimum absolute atomic E-state index is 0.444. The van der Waals surface area contributed by atoms with Crippen LogP contribution in [0.1, 0.15) is 6.42 Å². The van der Waals surface area contributed by atoms with E-state index in [1.165, 1.54) is 11.8 Å². The molecule has 6 heteroatoms. The van der Waals surface area contributed by atoms with Gasteiger partial charge in [0.1, 0.15) is 5.54 Å². The molecule has 0 spiro atoms. The van der Waals surface area contributed by atoms with Crippen LogP contribution in [0.15, 0.2) is 0 Å². The summed E-state index contributed by atoms with van der Waals surface area (Å²) in [6.07, 6.45) is -3.75. The van der Waals surface area contributed by atoms with Crippen molar-refractivity contribution < 1.29 is 13.2 Å². The summed E-state index contributed by atoms with van der Waals surface area (Å²) in [5.41, 5.74) is -0.958. The van der Waals surface area contributed by atoms with Crippen LogP contribution >= 0.6 is 11.8 Å². The molecule has 74 valence electrons. The first-order chi connectivity index (χ1) is 5.97. The van der Waals surface area contributed by atoms with Crippen molar-refractivity contribution in [2.24, 2.45) is 0 Å². The van der Waals surface area contributed by atoms with E-state index in [1.54, 1.807) is 0 Å². The summed E-state index contributed by atoms with van der Waals surface area (Å²) < 4.78 is 35.5. The normalized spacial score (nSPS) is 28.8. The molecule has 1 atom stereocenters. The summed E-state index contributed by atoms with van der Waals surface area (Å²) in [6.45, 7) is -1.08. The molecule has 1 rings (SSSR count). The first kappa shape index (κ1) is 10.7. The summed E-state index contributed by atoms with van der Waals surface area (Å²) in [7, 11) is 0. The van der Waals surface area contributed by atoms with Crippen molar-refractivity contribution in [3.63, 3.8) is 0 Å². The lowest BCUT2D eigenvalue weighted by atomic mass is 10.0. The Kier molecular flexibility index (Phi) is 3.09. The molecule has 0 bridgehead atoms. The van der Waals surface area contributed by atoms with Crippen LogP contribution in [0.4, 0.5) is 13.2 Å².